The van der Waals surface area contributed by atoms with Gasteiger partial charge in [-0.1, -0.05) is 48.0 Å². The first-order chi connectivity index (χ1) is 17.8. The number of benzene rings is 3. The number of amides is 2. The van der Waals surface area contributed by atoms with Gasteiger partial charge in [-0.15, -0.1) is 0 Å². The van der Waals surface area contributed by atoms with Crippen LogP contribution in [0.25, 0.3) is 5.69 Å². The molecule has 0 atom stereocenters. The summed E-state index contributed by atoms with van der Waals surface area (Å²) in [6.07, 6.45) is 0. The van der Waals surface area contributed by atoms with Crippen molar-refractivity contribution in [2.24, 2.45) is 0 Å². The predicted octanol–water partition coefficient (Wildman–Crippen LogP) is 4.92. The fourth-order valence-corrected chi connectivity index (χ4v) is 4.89. The molecule has 3 aromatic carbocycles. The monoisotopic (exact) mass is 512 g/mol. The third-order valence-corrected chi connectivity index (χ3v) is 6.72. The first kappa shape index (κ1) is 24.6. The number of ketones is 1. The summed E-state index contributed by atoms with van der Waals surface area (Å²) in [5, 5.41) is 0.365. The summed E-state index contributed by atoms with van der Waals surface area (Å²) in [7, 11) is 3.86. The molecule has 0 aliphatic carbocycles. The molecule has 4 aromatic rings. The number of imide groups is 1. The van der Waals surface area contributed by atoms with E-state index in [-0.39, 0.29) is 24.1 Å². The van der Waals surface area contributed by atoms with Crippen molar-refractivity contribution in [1.29, 1.82) is 0 Å². The molecule has 186 valence electrons. The van der Waals surface area contributed by atoms with E-state index >= 15 is 0 Å². The molecule has 1 aromatic heterocycles. The van der Waals surface area contributed by atoms with Gasteiger partial charge in [0.1, 0.15) is 5.82 Å². The van der Waals surface area contributed by atoms with Gasteiger partial charge >= 0.3 is 0 Å². The largest absolute Gasteiger partial charge is 0.302 e. The van der Waals surface area contributed by atoms with Gasteiger partial charge in [-0.05, 0) is 57.4 Å². The van der Waals surface area contributed by atoms with Gasteiger partial charge in [0.25, 0.3) is 11.8 Å². The second-order valence-electron chi connectivity index (χ2n) is 9.20. The highest BCUT2D eigenvalue weighted by Crippen LogP contribution is 2.30. The molecule has 7 nitrogen and oxygen atoms in total. The zero-order valence-electron chi connectivity index (χ0n) is 20.7. The molecule has 5 rings (SSSR count). The highest BCUT2D eigenvalue weighted by molar-refractivity contribution is 6.35. The second-order valence-corrected chi connectivity index (χ2v) is 9.61. The Morgan fingerprint density at radius 2 is 1.43 bits per heavy atom. The molecule has 8 heteroatoms. The lowest BCUT2D eigenvalue weighted by atomic mass is 10.0. The van der Waals surface area contributed by atoms with Crippen LogP contribution < -0.4 is 0 Å². The Morgan fingerprint density at radius 1 is 0.865 bits per heavy atom. The number of carbonyl (C=O) groups excluding carboxylic acids is 3. The van der Waals surface area contributed by atoms with Gasteiger partial charge in [-0.2, -0.15) is 0 Å². The SMILES string of the molecule is Cc1nc(CN(C)C)n(-c2ccccc2C(=O)c2ccccc2Cl)c1CN1C(=O)c2ccccc2C1=O. The van der Waals surface area contributed by atoms with Crippen molar-refractivity contribution in [3.63, 3.8) is 0 Å². The van der Waals surface area contributed by atoms with Gasteiger partial charge in [0, 0.05) is 11.1 Å². The molecular formula is C29H25ClN4O3. The van der Waals surface area contributed by atoms with E-state index in [1.54, 1.807) is 60.7 Å². The Morgan fingerprint density at radius 3 is 2.05 bits per heavy atom. The first-order valence-corrected chi connectivity index (χ1v) is 12.2. The lowest BCUT2D eigenvalue weighted by Crippen LogP contribution is -2.30. The topological polar surface area (TPSA) is 75.5 Å². The van der Waals surface area contributed by atoms with E-state index in [2.05, 4.69) is 0 Å². The maximum atomic E-state index is 13.7. The molecule has 0 bridgehead atoms. The van der Waals surface area contributed by atoms with E-state index in [1.807, 2.05) is 42.6 Å². The van der Waals surface area contributed by atoms with Crippen molar-refractivity contribution in [2.45, 2.75) is 20.0 Å². The van der Waals surface area contributed by atoms with E-state index in [0.29, 0.717) is 56.7 Å². The molecule has 0 fully saturated rings. The number of para-hydroxylation sites is 1. The third kappa shape index (κ3) is 4.37. The summed E-state index contributed by atoms with van der Waals surface area (Å²) in [5.74, 6) is -0.228. The van der Waals surface area contributed by atoms with Crippen LogP contribution in [0.2, 0.25) is 5.02 Å². The van der Waals surface area contributed by atoms with Crippen molar-refractivity contribution in [3.05, 3.63) is 117 Å². The highest BCUT2D eigenvalue weighted by atomic mass is 35.5. The van der Waals surface area contributed by atoms with Crippen molar-refractivity contribution < 1.29 is 14.4 Å². The van der Waals surface area contributed by atoms with Crippen molar-refractivity contribution in [1.82, 2.24) is 19.4 Å². The van der Waals surface area contributed by atoms with Crippen molar-refractivity contribution >= 4 is 29.2 Å². The number of aryl methyl sites for hydroxylation is 1. The second kappa shape index (κ2) is 9.76. The summed E-state index contributed by atoms with van der Waals surface area (Å²) < 4.78 is 1.89. The van der Waals surface area contributed by atoms with Crippen LogP contribution in [0.5, 0.6) is 0 Å². The quantitative estimate of drug-likeness (QED) is 0.259. The van der Waals surface area contributed by atoms with E-state index in [0.717, 1.165) is 0 Å². The van der Waals surface area contributed by atoms with Crippen LogP contribution in [0.4, 0.5) is 0 Å². The van der Waals surface area contributed by atoms with Crippen molar-refractivity contribution in [2.75, 3.05) is 14.1 Å². The number of aromatic nitrogens is 2. The Bertz CT molecular complexity index is 1520. The Balaban J connectivity index is 1.65. The minimum Gasteiger partial charge on any atom is -0.302 e. The van der Waals surface area contributed by atoms with E-state index < -0.39 is 0 Å². The van der Waals surface area contributed by atoms with Gasteiger partial charge < -0.3 is 4.90 Å². The van der Waals surface area contributed by atoms with Gasteiger partial charge in [-0.25, -0.2) is 4.98 Å². The molecular weight excluding hydrogens is 488 g/mol. The summed E-state index contributed by atoms with van der Waals surface area (Å²) in [5.41, 5.74) is 3.55. The van der Waals surface area contributed by atoms with Gasteiger partial charge in [0.2, 0.25) is 0 Å². The fraction of sp³-hybridized carbons (Fsp3) is 0.172. The maximum absolute atomic E-state index is 13.7. The number of hydrogen-bond donors (Lipinski definition) is 0. The molecule has 1 aliphatic heterocycles. The number of halogens is 1. The number of nitrogens with zero attached hydrogens (tertiary/aromatic N) is 4. The highest BCUT2D eigenvalue weighted by Gasteiger charge is 2.36. The fourth-order valence-electron chi connectivity index (χ4n) is 4.67. The van der Waals surface area contributed by atoms with E-state index in [9.17, 15) is 14.4 Å². The lowest BCUT2D eigenvalue weighted by molar-refractivity contribution is 0.0639. The average Bonchev–Trinajstić information content (AvgIpc) is 3.31. The molecule has 37 heavy (non-hydrogen) atoms. The summed E-state index contributed by atoms with van der Waals surface area (Å²) in [4.78, 5) is 48.0. The molecule has 0 unspecified atom stereocenters. The predicted molar refractivity (Wildman–Crippen MR) is 141 cm³/mol. The number of hydrogen-bond acceptors (Lipinski definition) is 5. The van der Waals surface area contributed by atoms with Gasteiger partial charge in [-0.3, -0.25) is 23.9 Å². The van der Waals surface area contributed by atoms with E-state index in [1.165, 1.54) is 4.90 Å². The van der Waals surface area contributed by atoms with Crippen LogP contribution in [0.1, 0.15) is 53.8 Å². The Kier molecular flexibility index (Phi) is 6.50. The lowest BCUT2D eigenvalue weighted by Gasteiger charge is -2.20. The summed E-state index contributed by atoms with van der Waals surface area (Å²) >= 11 is 6.36. The minimum absolute atomic E-state index is 0.0211. The van der Waals surface area contributed by atoms with Crippen LogP contribution in [0.3, 0.4) is 0 Å². The Labute approximate surface area is 219 Å². The zero-order valence-corrected chi connectivity index (χ0v) is 21.5. The average molecular weight is 513 g/mol. The number of imidazole rings is 1. The van der Waals surface area contributed by atoms with Crippen LogP contribution in [0, 0.1) is 6.92 Å². The van der Waals surface area contributed by atoms with Crippen LogP contribution >= 0.6 is 11.6 Å². The van der Waals surface area contributed by atoms with E-state index in [4.69, 9.17) is 16.6 Å². The molecule has 0 spiro atoms. The summed E-state index contributed by atoms with van der Waals surface area (Å²) in [6, 6.07) is 21.0. The number of fused-ring (bicyclic) bond motifs is 1. The standard InChI is InChI=1S/C29H25ClN4O3/c1-18-25(16-33-28(36)19-10-4-5-11-20(19)29(33)37)34(26(31-18)17-32(2)3)24-15-9-7-13-22(24)27(35)21-12-6-8-14-23(21)30/h4-15H,16-17H2,1-3H3. The van der Waals surface area contributed by atoms with Crippen LogP contribution in [-0.4, -0.2) is 51.0 Å². The number of carbonyl (C=O) groups is 3. The smallest absolute Gasteiger partial charge is 0.261 e. The zero-order chi connectivity index (χ0) is 26.3. The molecule has 1 aliphatic rings. The Hall–Kier alpha value is -4.07. The molecule has 0 saturated carbocycles. The van der Waals surface area contributed by atoms with Gasteiger partial charge in [0.05, 0.1) is 46.3 Å². The molecule has 0 saturated heterocycles. The molecule has 2 amide bonds. The first-order valence-electron chi connectivity index (χ1n) is 11.8. The molecule has 2 heterocycles. The summed E-state index contributed by atoms with van der Waals surface area (Å²) in [6.45, 7) is 2.35. The molecule has 0 N–H and O–H groups in total. The van der Waals surface area contributed by atoms with Crippen LogP contribution in [0.15, 0.2) is 72.8 Å². The number of rotatable bonds is 7. The minimum atomic E-state index is -0.345. The van der Waals surface area contributed by atoms with Gasteiger partial charge in [0.15, 0.2) is 5.78 Å². The van der Waals surface area contributed by atoms with Crippen molar-refractivity contribution in [3.8, 4) is 5.69 Å². The van der Waals surface area contributed by atoms with Crippen LogP contribution in [-0.2, 0) is 13.1 Å². The third-order valence-electron chi connectivity index (χ3n) is 6.39. The maximum Gasteiger partial charge on any atom is 0.261 e. The molecule has 0 radical (unpaired) electrons. The normalized spacial score (nSPS) is 12.9.